The SMILES string of the molecule is COc1ccc(Br)cc1/C=N\NC(=O)[C@@H](O)c1ccc(Br)cc1. The number of carbonyl (C=O) groups excluding carboxylic acids is 1. The van der Waals surface area contributed by atoms with Gasteiger partial charge < -0.3 is 9.84 Å². The van der Waals surface area contributed by atoms with Crippen LogP contribution < -0.4 is 10.2 Å². The predicted octanol–water partition coefficient (Wildman–Crippen LogP) is 3.40. The summed E-state index contributed by atoms with van der Waals surface area (Å²) in [6, 6.07) is 12.3. The summed E-state index contributed by atoms with van der Waals surface area (Å²) in [5.74, 6) is 0.0113. The largest absolute Gasteiger partial charge is 0.496 e. The van der Waals surface area contributed by atoms with Gasteiger partial charge in [-0.25, -0.2) is 5.43 Å². The van der Waals surface area contributed by atoms with E-state index in [1.165, 1.54) is 6.21 Å². The lowest BCUT2D eigenvalue weighted by Crippen LogP contribution is -2.25. The molecule has 7 heteroatoms. The summed E-state index contributed by atoms with van der Waals surface area (Å²) in [7, 11) is 1.55. The molecular formula is C16H14Br2N2O3. The van der Waals surface area contributed by atoms with E-state index in [0.29, 0.717) is 16.9 Å². The molecule has 0 saturated carbocycles. The van der Waals surface area contributed by atoms with Gasteiger partial charge in [0.25, 0.3) is 5.91 Å². The van der Waals surface area contributed by atoms with E-state index in [1.807, 2.05) is 6.07 Å². The molecule has 120 valence electrons. The second-order valence-corrected chi connectivity index (χ2v) is 6.41. The number of aliphatic hydroxyl groups excluding tert-OH is 1. The number of nitrogens with zero attached hydrogens (tertiary/aromatic N) is 1. The molecule has 0 aliphatic rings. The Balaban J connectivity index is 2.03. The van der Waals surface area contributed by atoms with Crippen LogP contribution in [0.2, 0.25) is 0 Å². The summed E-state index contributed by atoms with van der Waals surface area (Å²) >= 11 is 6.65. The van der Waals surface area contributed by atoms with Crippen LogP contribution in [0.5, 0.6) is 5.75 Å². The molecule has 1 atom stereocenters. The highest BCUT2D eigenvalue weighted by Crippen LogP contribution is 2.21. The van der Waals surface area contributed by atoms with Crippen LogP contribution in [0.1, 0.15) is 17.2 Å². The summed E-state index contributed by atoms with van der Waals surface area (Å²) in [4.78, 5) is 11.9. The number of hydrogen-bond acceptors (Lipinski definition) is 4. The van der Waals surface area contributed by atoms with Crippen molar-refractivity contribution in [3.63, 3.8) is 0 Å². The monoisotopic (exact) mass is 440 g/mol. The fourth-order valence-corrected chi connectivity index (χ4v) is 2.47. The molecule has 0 aliphatic heterocycles. The van der Waals surface area contributed by atoms with Crippen LogP contribution in [0, 0.1) is 0 Å². The first-order valence-corrected chi connectivity index (χ1v) is 8.20. The molecule has 0 heterocycles. The Bertz CT molecular complexity index is 718. The van der Waals surface area contributed by atoms with E-state index in [-0.39, 0.29) is 0 Å². The first-order chi connectivity index (χ1) is 11.0. The summed E-state index contributed by atoms with van der Waals surface area (Å²) in [5.41, 5.74) is 3.49. The Morgan fingerprint density at radius 3 is 2.52 bits per heavy atom. The van der Waals surface area contributed by atoms with Crippen LogP contribution >= 0.6 is 31.9 Å². The number of hydrazone groups is 1. The lowest BCUT2D eigenvalue weighted by atomic mass is 10.1. The maximum absolute atomic E-state index is 11.9. The van der Waals surface area contributed by atoms with Crippen LogP contribution in [-0.4, -0.2) is 24.3 Å². The fraction of sp³-hybridized carbons (Fsp3) is 0.125. The first kappa shape index (κ1) is 17.7. The predicted molar refractivity (Wildman–Crippen MR) is 95.5 cm³/mol. The van der Waals surface area contributed by atoms with Crippen LogP contribution in [0.4, 0.5) is 0 Å². The zero-order valence-corrected chi connectivity index (χ0v) is 15.3. The molecule has 5 nitrogen and oxygen atoms in total. The van der Waals surface area contributed by atoms with E-state index in [9.17, 15) is 9.90 Å². The Hall–Kier alpha value is -1.70. The molecule has 0 saturated heterocycles. The van der Waals surface area contributed by atoms with Crippen molar-refractivity contribution in [2.24, 2.45) is 5.10 Å². The van der Waals surface area contributed by atoms with E-state index in [1.54, 1.807) is 43.5 Å². The number of aliphatic hydroxyl groups is 1. The van der Waals surface area contributed by atoms with Gasteiger partial charge in [0, 0.05) is 14.5 Å². The molecule has 0 fully saturated rings. The number of ether oxygens (including phenoxy) is 1. The molecule has 0 unspecified atom stereocenters. The van der Waals surface area contributed by atoms with Gasteiger partial charge in [0.1, 0.15) is 5.75 Å². The van der Waals surface area contributed by atoms with Gasteiger partial charge in [0.15, 0.2) is 6.10 Å². The van der Waals surface area contributed by atoms with Gasteiger partial charge in [-0.1, -0.05) is 44.0 Å². The molecular weight excluding hydrogens is 428 g/mol. The second-order valence-electron chi connectivity index (χ2n) is 4.57. The number of carbonyl (C=O) groups is 1. The lowest BCUT2D eigenvalue weighted by molar-refractivity contribution is -0.129. The zero-order valence-electron chi connectivity index (χ0n) is 12.2. The van der Waals surface area contributed by atoms with E-state index in [0.717, 1.165) is 8.95 Å². The normalized spacial score (nSPS) is 12.2. The van der Waals surface area contributed by atoms with Crippen molar-refractivity contribution < 1.29 is 14.6 Å². The highest BCUT2D eigenvalue weighted by atomic mass is 79.9. The van der Waals surface area contributed by atoms with Crippen LogP contribution in [-0.2, 0) is 4.79 Å². The highest BCUT2D eigenvalue weighted by molar-refractivity contribution is 9.10. The third-order valence-corrected chi connectivity index (χ3v) is 4.03. The minimum absolute atomic E-state index is 0.487. The van der Waals surface area contributed by atoms with Gasteiger partial charge >= 0.3 is 0 Å². The van der Waals surface area contributed by atoms with Crippen molar-refractivity contribution in [2.75, 3.05) is 7.11 Å². The van der Waals surface area contributed by atoms with E-state index in [2.05, 4.69) is 42.4 Å². The van der Waals surface area contributed by atoms with Crippen molar-refractivity contribution in [1.29, 1.82) is 0 Å². The zero-order chi connectivity index (χ0) is 16.8. The van der Waals surface area contributed by atoms with Crippen LogP contribution in [0.25, 0.3) is 0 Å². The summed E-state index contributed by atoms with van der Waals surface area (Å²) < 4.78 is 6.94. The summed E-state index contributed by atoms with van der Waals surface area (Å²) in [6.45, 7) is 0. The molecule has 23 heavy (non-hydrogen) atoms. The van der Waals surface area contributed by atoms with Crippen molar-refractivity contribution in [3.8, 4) is 5.75 Å². The van der Waals surface area contributed by atoms with Gasteiger partial charge in [0.2, 0.25) is 0 Å². The van der Waals surface area contributed by atoms with E-state index in [4.69, 9.17) is 4.74 Å². The molecule has 0 spiro atoms. The standard InChI is InChI=1S/C16H14Br2N2O3/c1-23-14-7-6-13(18)8-11(14)9-19-20-16(22)15(21)10-2-4-12(17)5-3-10/h2-9,15,21H,1H3,(H,20,22)/b19-9-/t15-/m0/s1. The lowest BCUT2D eigenvalue weighted by Gasteiger charge is -2.09. The Morgan fingerprint density at radius 2 is 1.87 bits per heavy atom. The number of benzene rings is 2. The molecule has 0 radical (unpaired) electrons. The minimum Gasteiger partial charge on any atom is -0.496 e. The number of halogens is 2. The number of amides is 1. The van der Waals surface area contributed by atoms with Crippen LogP contribution in [0.15, 0.2) is 56.5 Å². The summed E-state index contributed by atoms with van der Waals surface area (Å²) in [5, 5.41) is 13.8. The molecule has 2 aromatic rings. The Morgan fingerprint density at radius 1 is 1.22 bits per heavy atom. The third kappa shape index (κ3) is 4.89. The van der Waals surface area contributed by atoms with E-state index >= 15 is 0 Å². The van der Waals surface area contributed by atoms with Gasteiger partial charge in [-0.15, -0.1) is 0 Å². The molecule has 1 amide bonds. The van der Waals surface area contributed by atoms with E-state index < -0.39 is 12.0 Å². The second kappa shape index (κ2) is 8.24. The van der Waals surface area contributed by atoms with Crippen molar-refractivity contribution in [2.45, 2.75) is 6.10 Å². The average molecular weight is 442 g/mol. The Labute approximate surface area is 150 Å². The third-order valence-electron chi connectivity index (χ3n) is 3.00. The molecule has 2 N–H and O–H groups in total. The fourth-order valence-electron chi connectivity index (χ4n) is 1.83. The topological polar surface area (TPSA) is 70.9 Å². The molecule has 2 rings (SSSR count). The van der Waals surface area contributed by atoms with Gasteiger partial charge in [0.05, 0.1) is 13.3 Å². The number of methoxy groups -OCH3 is 1. The van der Waals surface area contributed by atoms with Crippen LogP contribution in [0.3, 0.4) is 0 Å². The van der Waals surface area contributed by atoms with Gasteiger partial charge in [-0.05, 0) is 35.9 Å². The maximum Gasteiger partial charge on any atom is 0.273 e. The van der Waals surface area contributed by atoms with Gasteiger partial charge in [-0.2, -0.15) is 5.10 Å². The molecule has 0 aliphatic carbocycles. The number of rotatable bonds is 5. The smallest absolute Gasteiger partial charge is 0.273 e. The highest BCUT2D eigenvalue weighted by Gasteiger charge is 2.16. The van der Waals surface area contributed by atoms with Crippen molar-refractivity contribution in [3.05, 3.63) is 62.5 Å². The quantitative estimate of drug-likeness (QED) is 0.551. The Kier molecular flexibility index (Phi) is 6.32. The average Bonchev–Trinajstić information content (AvgIpc) is 2.55. The summed E-state index contributed by atoms with van der Waals surface area (Å²) in [6.07, 6.45) is 0.167. The number of hydrogen-bond donors (Lipinski definition) is 2. The minimum atomic E-state index is -1.29. The molecule has 2 aromatic carbocycles. The molecule has 0 aromatic heterocycles. The van der Waals surface area contributed by atoms with Crippen molar-refractivity contribution in [1.82, 2.24) is 5.43 Å². The van der Waals surface area contributed by atoms with Crippen molar-refractivity contribution >= 4 is 44.0 Å². The molecule has 0 bridgehead atoms. The number of nitrogens with one attached hydrogen (secondary N) is 1. The van der Waals surface area contributed by atoms with Gasteiger partial charge in [-0.3, -0.25) is 4.79 Å². The first-order valence-electron chi connectivity index (χ1n) is 6.61. The maximum atomic E-state index is 11.9.